The Morgan fingerprint density at radius 3 is 2.35 bits per heavy atom. The van der Waals surface area contributed by atoms with E-state index in [1.807, 2.05) is 58.0 Å². The Balaban J connectivity index is 2.31. The number of carbonyl (C=O) groups is 1. The van der Waals surface area contributed by atoms with Gasteiger partial charge in [-0.05, 0) is 43.0 Å². The minimum absolute atomic E-state index is 0.137. The number of nitrogens with one attached hydrogen (secondary N) is 1. The number of anilines is 2. The van der Waals surface area contributed by atoms with E-state index in [0.717, 1.165) is 22.9 Å². The van der Waals surface area contributed by atoms with Gasteiger partial charge in [0.2, 0.25) is 15.9 Å². The van der Waals surface area contributed by atoms with Gasteiger partial charge >= 0.3 is 0 Å². The Labute approximate surface area is 156 Å². The first-order valence-electron chi connectivity index (χ1n) is 8.53. The van der Waals surface area contributed by atoms with Crippen molar-refractivity contribution in [3.8, 4) is 0 Å². The first kappa shape index (κ1) is 20.0. The molecule has 0 aliphatic heterocycles. The second-order valence-corrected chi connectivity index (χ2v) is 8.76. The molecule has 0 spiro atoms. The highest BCUT2D eigenvalue weighted by molar-refractivity contribution is 7.92. The van der Waals surface area contributed by atoms with Crippen LogP contribution in [0.3, 0.4) is 0 Å². The summed E-state index contributed by atoms with van der Waals surface area (Å²) < 4.78 is 25.9. The topological polar surface area (TPSA) is 66.5 Å². The number of para-hydroxylation sites is 1. The first-order valence-corrected chi connectivity index (χ1v) is 10.4. The van der Waals surface area contributed by atoms with Crippen LogP contribution in [0.2, 0.25) is 0 Å². The summed E-state index contributed by atoms with van der Waals surface area (Å²) in [5, 5.41) is 2.81. The van der Waals surface area contributed by atoms with Crippen molar-refractivity contribution >= 4 is 27.3 Å². The molecular formula is C20H26N2O3S. The normalized spacial score (nSPS) is 11.5. The molecule has 2 aromatic rings. The fraction of sp³-hybridized carbons (Fsp3) is 0.350. The van der Waals surface area contributed by atoms with Crippen LogP contribution >= 0.6 is 0 Å². The molecule has 0 atom stereocenters. The van der Waals surface area contributed by atoms with Gasteiger partial charge in [0.05, 0.1) is 11.9 Å². The van der Waals surface area contributed by atoms with Gasteiger partial charge in [0.15, 0.2) is 0 Å². The van der Waals surface area contributed by atoms with Crippen LogP contribution < -0.4 is 9.62 Å². The van der Waals surface area contributed by atoms with Crippen LogP contribution in [0.1, 0.15) is 36.5 Å². The van der Waals surface area contributed by atoms with E-state index in [1.54, 1.807) is 12.1 Å². The average molecular weight is 375 g/mol. The lowest BCUT2D eigenvalue weighted by Gasteiger charge is -2.25. The number of sulfonamides is 1. The molecule has 0 bridgehead atoms. The highest BCUT2D eigenvalue weighted by Gasteiger charge is 2.24. The van der Waals surface area contributed by atoms with Crippen LogP contribution in [0.4, 0.5) is 11.4 Å². The Bertz CT molecular complexity index is 905. The van der Waals surface area contributed by atoms with E-state index >= 15 is 0 Å². The minimum Gasteiger partial charge on any atom is -0.324 e. The van der Waals surface area contributed by atoms with Crippen molar-refractivity contribution in [1.29, 1.82) is 0 Å². The van der Waals surface area contributed by atoms with Gasteiger partial charge in [0.1, 0.15) is 6.54 Å². The maximum absolute atomic E-state index is 12.5. The van der Waals surface area contributed by atoms with E-state index < -0.39 is 10.0 Å². The zero-order chi connectivity index (χ0) is 19.5. The monoisotopic (exact) mass is 374 g/mol. The molecule has 1 amide bonds. The number of carbonyl (C=O) groups excluding carboxylic acids is 1. The van der Waals surface area contributed by atoms with E-state index in [4.69, 9.17) is 0 Å². The van der Waals surface area contributed by atoms with Crippen molar-refractivity contribution in [1.82, 2.24) is 0 Å². The fourth-order valence-corrected chi connectivity index (χ4v) is 3.73. The van der Waals surface area contributed by atoms with Crippen LogP contribution in [0.15, 0.2) is 42.5 Å². The summed E-state index contributed by atoms with van der Waals surface area (Å²) >= 11 is 0. The van der Waals surface area contributed by atoms with Crippen LogP contribution in [-0.2, 0) is 14.8 Å². The molecule has 0 heterocycles. The molecule has 2 aromatic carbocycles. The molecular weight excluding hydrogens is 348 g/mol. The van der Waals surface area contributed by atoms with Crippen LogP contribution in [0, 0.1) is 13.8 Å². The quantitative estimate of drug-likeness (QED) is 0.835. The SMILES string of the molecule is Cc1ccc(NC(=O)CN(c2ccccc2C(C)C)S(C)(=O)=O)c(C)c1. The van der Waals surface area contributed by atoms with Crippen molar-refractivity contribution in [2.75, 3.05) is 22.4 Å². The van der Waals surface area contributed by atoms with Gasteiger partial charge in [-0.2, -0.15) is 0 Å². The van der Waals surface area contributed by atoms with Crippen molar-refractivity contribution in [2.45, 2.75) is 33.6 Å². The molecule has 1 N–H and O–H groups in total. The molecule has 2 rings (SSSR count). The predicted molar refractivity (Wildman–Crippen MR) is 107 cm³/mol. The third-order valence-electron chi connectivity index (χ3n) is 4.17. The molecule has 0 aliphatic carbocycles. The molecule has 0 unspecified atom stereocenters. The minimum atomic E-state index is -3.61. The fourth-order valence-electron chi connectivity index (χ4n) is 2.86. The van der Waals surface area contributed by atoms with E-state index in [-0.39, 0.29) is 18.4 Å². The Hall–Kier alpha value is -2.34. The maximum Gasteiger partial charge on any atom is 0.245 e. The van der Waals surface area contributed by atoms with Gasteiger partial charge in [0, 0.05) is 5.69 Å². The largest absolute Gasteiger partial charge is 0.324 e. The van der Waals surface area contributed by atoms with E-state index in [9.17, 15) is 13.2 Å². The lowest BCUT2D eigenvalue weighted by Crippen LogP contribution is -2.38. The predicted octanol–water partition coefficient (Wildman–Crippen LogP) is 3.83. The summed E-state index contributed by atoms with van der Waals surface area (Å²) in [6.45, 7) is 7.61. The summed E-state index contributed by atoms with van der Waals surface area (Å²) in [6, 6.07) is 13.0. The van der Waals surface area contributed by atoms with E-state index in [2.05, 4.69) is 5.32 Å². The molecule has 0 radical (unpaired) electrons. The van der Waals surface area contributed by atoms with Gasteiger partial charge in [-0.3, -0.25) is 9.10 Å². The smallest absolute Gasteiger partial charge is 0.245 e. The molecule has 140 valence electrons. The summed E-state index contributed by atoms with van der Waals surface area (Å²) in [4.78, 5) is 12.5. The maximum atomic E-state index is 12.5. The van der Waals surface area contributed by atoms with E-state index in [1.165, 1.54) is 4.31 Å². The Morgan fingerprint density at radius 2 is 1.77 bits per heavy atom. The lowest BCUT2D eigenvalue weighted by atomic mass is 10.0. The second kappa shape index (κ2) is 7.91. The summed E-state index contributed by atoms with van der Waals surface area (Å²) in [7, 11) is -3.61. The number of hydrogen-bond acceptors (Lipinski definition) is 3. The van der Waals surface area contributed by atoms with Crippen LogP contribution in [0.5, 0.6) is 0 Å². The average Bonchev–Trinajstić information content (AvgIpc) is 2.54. The summed E-state index contributed by atoms with van der Waals surface area (Å²) in [6.07, 6.45) is 1.12. The van der Waals surface area contributed by atoms with Crippen molar-refractivity contribution < 1.29 is 13.2 Å². The van der Waals surface area contributed by atoms with Gasteiger partial charge in [0.25, 0.3) is 0 Å². The number of amides is 1. The molecule has 0 saturated heterocycles. The molecule has 6 heteroatoms. The highest BCUT2D eigenvalue weighted by Crippen LogP contribution is 2.29. The number of nitrogens with zero attached hydrogens (tertiary/aromatic N) is 1. The van der Waals surface area contributed by atoms with Gasteiger partial charge in [-0.25, -0.2) is 8.42 Å². The molecule has 26 heavy (non-hydrogen) atoms. The third-order valence-corrected chi connectivity index (χ3v) is 5.30. The van der Waals surface area contributed by atoms with Crippen molar-refractivity contribution in [2.24, 2.45) is 0 Å². The second-order valence-electron chi connectivity index (χ2n) is 6.85. The zero-order valence-corrected chi connectivity index (χ0v) is 16.7. The Morgan fingerprint density at radius 1 is 1.12 bits per heavy atom. The zero-order valence-electron chi connectivity index (χ0n) is 15.9. The molecule has 0 fully saturated rings. The number of aryl methyl sites for hydroxylation is 2. The number of benzene rings is 2. The number of hydrogen-bond donors (Lipinski definition) is 1. The summed E-state index contributed by atoms with van der Waals surface area (Å²) in [5.74, 6) is -0.237. The van der Waals surface area contributed by atoms with Crippen LogP contribution in [-0.4, -0.2) is 27.1 Å². The van der Waals surface area contributed by atoms with Crippen molar-refractivity contribution in [3.05, 3.63) is 59.2 Å². The molecule has 0 aromatic heterocycles. The standard InChI is InChI=1S/C20H26N2O3S/c1-14(2)17-8-6-7-9-19(17)22(26(5,24)25)13-20(23)21-18-11-10-15(3)12-16(18)4/h6-12,14H,13H2,1-5H3,(H,21,23). The van der Waals surface area contributed by atoms with Gasteiger partial charge < -0.3 is 5.32 Å². The molecule has 0 saturated carbocycles. The number of rotatable bonds is 6. The summed E-state index contributed by atoms with van der Waals surface area (Å²) in [5.41, 5.74) is 4.15. The first-order chi connectivity index (χ1) is 12.1. The van der Waals surface area contributed by atoms with Crippen LogP contribution in [0.25, 0.3) is 0 Å². The lowest BCUT2D eigenvalue weighted by molar-refractivity contribution is -0.114. The van der Waals surface area contributed by atoms with Gasteiger partial charge in [-0.1, -0.05) is 49.7 Å². The molecule has 5 nitrogen and oxygen atoms in total. The van der Waals surface area contributed by atoms with Crippen molar-refractivity contribution in [3.63, 3.8) is 0 Å². The molecule has 0 aliphatic rings. The Kier molecular flexibility index (Phi) is 6.08. The van der Waals surface area contributed by atoms with Gasteiger partial charge in [-0.15, -0.1) is 0 Å². The van der Waals surface area contributed by atoms with E-state index in [0.29, 0.717) is 11.4 Å². The third kappa shape index (κ3) is 4.85. The highest BCUT2D eigenvalue weighted by atomic mass is 32.2.